The zero-order valence-corrected chi connectivity index (χ0v) is 26.1. The molecule has 1 aromatic heterocycles. The summed E-state index contributed by atoms with van der Waals surface area (Å²) in [7, 11) is 1.69. The van der Waals surface area contributed by atoms with E-state index in [1.807, 2.05) is 12.2 Å². The number of carbonyl (C=O) groups excluding carboxylic acids is 2. The number of cyclic esters (lactones) is 1. The molecule has 228 valence electrons. The molecule has 0 N–H and O–H groups in total. The molecule has 3 heterocycles. The molecule has 1 aliphatic carbocycles. The Hall–Kier alpha value is -3.87. The van der Waals surface area contributed by atoms with Crippen molar-refractivity contribution in [2.45, 2.75) is 78.0 Å². The molecule has 7 nitrogen and oxygen atoms in total. The van der Waals surface area contributed by atoms with E-state index in [1.54, 1.807) is 12.0 Å². The number of aromatic nitrogens is 1. The van der Waals surface area contributed by atoms with E-state index >= 15 is 0 Å². The lowest BCUT2D eigenvalue weighted by Crippen LogP contribution is -2.38. The van der Waals surface area contributed by atoms with Crippen LogP contribution in [0.4, 0.5) is 10.6 Å². The molecule has 0 spiro atoms. The molecule has 3 fully saturated rings. The number of ether oxygens (including phenoxy) is 2. The van der Waals surface area contributed by atoms with Crippen LogP contribution in [0.2, 0.25) is 0 Å². The van der Waals surface area contributed by atoms with E-state index in [1.165, 1.54) is 5.57 Å². The second-order valence-electron chi connectivity index (χ2n) is 12.3. The Kier molecular flexibility index (Phi) is 9.69. The monoisotopic (exact) mass is 583 g/mol. The number of anilines is 1. The zero-order valence-electron chi connectivity index (χ0n) is 26.1. The number of aldehydes is 1. The average Bonchev–Trinajstić information content (AvgIpc) is 3.25. The number of amides is 1. The molecule has 1 amide bonds. The molecule has 5 rings (SSSR count). The van der Waals surface area contributed by atoms with Crippen molar-refractivity contribution in [2.24, 2.45) is 11.8 Å². The summed E-state index contributed by atoms with van der Waals surface area (Å²) in [5.41, 5.74) is 6.40. The van der Waals surface area contributed by atoms with Gasteiger partial charge < -0.3 is 19.2 Å². The van der Waals surface area contributed by atoms with Crippen LogP contribution in [0.1, 0.15) is 73.1 Å². The molecule has 43 heavy (non-hydrogen) atoms. The molecule has 2 aromatic rings. The summed E-state index contributed by atoms with van der Waals surface area (Å²) in [6.07, 6.45) is 12.1. The van der Waals surface area contributed by atoms with E-state index in [9.17, 15) is 9.59 Å². The van der Waals surface area contributed by atoms with Crippen molar-refractivity contribution in [3.8, 4) is 0 Å². The van der Waals surface area contributed by atoms with Crippen molar-refractivity contribution in [1.29, 1.82) is 0 Å². The van der Waals surface area contributed by atoms with Crippen LogP contribution in [-0.2, 0) is 27.2 Å². The number of methoxy groups -OCH3 is 1. The van der Waals surface area contributed by atoms with Crippen LogP contribution in [-0.4, -0.2) is 48.5 Å². The van der Waals surface area contributed by atoms with Gasteiger partial charge in [0, 0.05) is 25.4 Å². The molecule has 2 atom stereocenters. The lowest BCUT2D eigenvalue weighted by molar-refractivity contribution is -0.112. The molecule has 0 unspecified atom stereocenters. The second kappa shape index (κ2) is 13.6. The Labute approximate surface area is 256 Å². The van der Waals surface area contributed by atoms with Gasteiger partial charge in [-0.2, -0.15) is 0 Å². The lowest BCUT2D eigenvalue weighted by Gasteiger charge is -2.33. The first-order chi connectivity index (χ1) is 20.8. The minimum absolute atomic E-state index is 0.138. The standard InChI is InChI=1S/C36H45N3O4/c1-6-28(29-10-8-27(23-40)9-11-29)12-14-32(42-5)21-30-13-15-34(38-16-7-17-38)37-33(30)22-39-26(4)35(43-36(39)41)31-19-24(2)18-25(3)20-31/h6,12-15,18-20,23,26-27,29,35H,1,7-11,16-17,21-22H2,2-5H3/b28-12+,32-14+/t26-,27?,29?,35-/m0/s1. The second-order valence-corrected chi connectivity index (χ2v) is 12.3. The first kappa shape index (κ1) is 30.6. The van der Waals surface area contributed by atoms with Crippen molar-refractivity contribution in [2.75, 3.05) is 25.1 Å². The molecule has 7 heteroatoms. The molecule has 3 aliphatic rings. The first-order valence-electron chi connectivity index (χ1n) is 15.6. The van der Waals surface area contributed by atoms with E-state index < -0.39 is 0 Å². The topological polar surface area (TPSA) is 72.0 Å². The number of aryl methyl sites for hydroxylation is 2. The Bertz CT molecular complexity index is 1380. The van der Waals surface area contributed by atoms with Gasteiger partial charge in [0.05, 0.1) is 31.1 Å². The van der Waals surface area contributed by atoms with Gasteiger partial charge in [-0.25, -0.2) is 9.78 Å². The van der Waals surface area contributed by atoms with Crippen LogP contribution in [0.5, 0.6) is 0 Å². The smallest absolute Gasteiger partial charge is 0.411 e. The van der Waals surface area contributed by atoms with Gasteiger partial charge in [0.25, 0.3) is 0 Å². The summed E-state index contributed by atoms with van der Waals surface area (Å²) < 4.78 is 11.8. The van der Waals surface area contributed by atoms with Crippen molar-refractivity contribution < 1.29 is 19.1 Å². The zero-order chi connectivity index (χ0) is 30.5. The van der Waals surface area contributed by atoms with Gasteiger partial charge in [0.15, 0.2) is 0 Å². The number of hydrogen-bond donors (Lipinski definition) is 0. The molecular formula is C36H45N3O4. The van der Waals surface area contributed by atoms with Gasteiger partial charge in [-0.1, -0.05) is 54.1 Å². The van der Waals surface area contributed by atoms with Crippen LogP contribution in [0.3, 0.4) is 0 Å². The molecule has 0 radical (unpaired) electrons. The maximum atomic E-state index is 13.2. The third-order valence-electron chi connectivity index (χ3n) is 9.28. The van der Waals surface area contributed by atoms with Crippen LogP contribution in [0.25, 0.3) is 0 Å². The summed E-state index contributed by atoms with van der Waals surface area (Å²) in [4.78, 5) is 33.5. The lowest BCUT2D eigenvalue weighted by atomic mass is 9.79. The highest BCUT2D eigenvalue weighted by atomic mass is 16.6. The van der Waals surface area contributed by atoms with Crippen LogP contribution < -0.4 is 4.90 Å². The van der Waals surface area contributed by atoms with Gasteiger partial charge in [-0.3, -0.25) is 4.90 Å². The van der Waals surface area contributed by atoms with Gasteiger partial charge in [0.1, 0.15) is 18.2 Å². The van der Waals surface area contributed by atoms with E-state index in [4.69, 9.17) is 14.5 Å². The van der Waals surface area contributed by atoms with E-state index in [-0.39, 0.29) is 24.2 Å². The molecule has 2 saturated heterocycles. The first-order valence-corrected chi connectivity index (χ1v) is 15.6. The largest absolute Gasteiger partial charge is 0.501 e. The number of nitrogens with zero attached hydrogens (tertiary/aromatic N) is 3. The quantitative estimate of drug-likeness (QED) is 0.159. The highest BCUT2D eigenvalue weighted by Gasteiger charge is 2.40. The van der Waals surface area contributed by atoms with Crippen molar-refractivity contribution in [3.05, 3.63) is 94.4 Å². The van der Waals surface area contributed by atoms with Gasteiger partial charge >= 0.3 is 6.09 Å². The normalized spacial score (nSPS) is 24.4. The van der Waals surface area contributed by atoms with Crippen LogP contribution in [0, 0.1) is 25.7 Å². The minimum atomic E-state index is -0.327. The fourth-order valence-electron chi connectivity index (χ4n) is 6.57. The minimum Gasteiger partial charge on any atom is -0.501 e. The third-order valence-corrected chi connectivity index (χ3v) is 9.28. The fraction of sp³-hybridized carbons (Fsp3) is 0.472. The Morgan fingerprint density at radius 3 is 2.42 bits per heavy atom. The number of rotatable bonds is 11. The highest BCUT2D eigenvalue weighted by molar-refractivity contribution is 5.71. The van der Waals surface area contributed by atoms with Crippen molar-refractivity contribution in [3.63, 3.8) is 0 Å². The van der Waals surface area contributed by atoms with Gasteiger partial charge in [-0.05, 0) is 87.6 Å². The summed E-state index contributed by atoms with van der Waals surface area (Å²) in [6.45, 7) is 12.6. The average molecular weight is 584 g/mol. The summed E-state index contributed by atoms with van der Waals surface area (Å²) in [6, 6.07) is 10.4. The van der Waals surface area contributed by atoms with Crippen molar-refractivity contribution >= 4 is 18.2 Å². The SMILES string of the molecule is C=C/C(=C\C=C(/Cc1ccc(N2CCC2)nc1CN1C(=O)O[C@H](c2cc(C)cc(C)c2)[C@@H]1C)OC)C1CCC(C=O)CC1. The van der Waals surface area contributed by atoms with E-state index in [0.717, 1.165) is 91.0 Å². The summed E-state index contributed by atoms with van der Waals surface area (Å²) >= 11 is 0. The molecule has 1 aromatic carbocycles. The third kappa shape index (κ3) is 7.03. The molecular weight excluding hydrogens is 538 g/mol. The van der Waals surface area contributed by atoms with Gasteiger partial charge in [0.2, 0.25) is 0 Å². The Morgan fingerprint density at radius 2 is 1.81 bits per heavy atom. The van der Waals surface area contributed by atoms with Crippen molar-refractivity contribution in [1.82, 2.24) is 9.88 Å². The predicted molar refractivity (Wildman–Crippen MR) is 170 cm³/mol. The summed E-state index contributed by atoms with van der Waals surface area (Å²) in [5, 5.41) is 0. The molecule has 0 bridgehead atoms. The molecule has 1 saturated carbocycles. The Morgan fingerprint density at radius 1 is 1.09 bits per heavy atom. The van der Waals surface area contributed by atoms with E-state index in [2.05, 4.69) is 68.7 Å². The highest BCUT2D eigenvalue weighted by Crippen LogP contribution is 2.36. The maximum Gasteiger partial charge on any atom is 0.411 e. The Balaban J connectivity index is 1.38. The van der Waals surface area contributed by atoms with Gasteiger partial charge in [-0.15, -0.1) is 0 Å². The number of carbonyl (C=O) groups is 2. The number of pyridine rings is 1. The maximum absolute atomic E-state index is 13.2. The number of allylic oxidation sites excluding steroid dienone is 5. The van der Waals surface area contributed by atoms with Crippen LogP contribution >= 0.6 is 0 Å². The fourth-order valence-corrected chi connectivity index (χ4v) is 6.57. The van der Waals surface area contributed by atoms with Crippen LogP contribution in [0.15, 0.2) is 66.5 Å². The number of hydrogen-bond acceptors (Lipinski definition) is 6. The molecule has 2 aliphatic heterocycles. The summed E-state index contributed by atoms with van der Waals surface area (Å²) in [5.74, 6) is 2.35. The van der Waals surface area contributed by atoms with E-state index in [0.29, 0.717) is 18.9 Å². The number of benzene rings is 1. The predicted octanol–water partition coefficient (Wildman–Crippen LogP) is 7.18.